The maximum Gasteiger partial charge on any atom is 0.0793 e. The Labute approximate surface area is 102 Å². The van der Waals surface area contributed by atoms with E-state index in [1.807, 2.05) is 18.0 Å². The van der Waals surface area contributed by atoms with Gasteiger partial charge < -0.3 is 14.7 Å². The third-order valence-electron chi connectivity index (χ3n) is 2.60. The highest BCUT2D eigenvalue weighted by Crippen LogP contribution is 2.00. The Bertz CT molecular complexity index is 208. The van der Waals surface area contributed by atoms with E-state index in [9.17, 15) is 5.11 Å². The van der Waals surface area contributed by atoms with Crippen LogP contribution in [0.5, 0.6) is 0 Å². The first-order valence-electron chi connectivity index (χ1n) is 5.64. The molecule has 94 valence electrons. The number of rotatable bonds is 6. The second kappa shape index (κ2) is 8.03. The van der Waals surface area contributed by atoms with Crippen LogP contribution in [0.1, 0.15) is 0 Å². The van der Waals surface area contributed by atoms with Crippen molar-refractivity contribution in [3.8, 4) is 0 Å². The number of β-amino-alcohol motifs (C(OH)–C–C–N with tert-alkyl or cyclic N) is 1. The van der Waals surface area contributed by atoms with Gasteiger partial charge in [0, 0.05) is 38.3 Å². The summed E-state index contributed by atoms with van der Waals surface area (Å²) in [6.45, 7) is 5.54. The third-order valence-corrected chi connectivity index (χ3v) is 2.78. The molecule has 1 heterocycles. The molecule has 0 amide bonds. The highest BCUT2D eigenvalue weighted by Gasteiger charge is 2.15. The van der Waals surface area contributed by atoms with Crippen LogP contribution in [-0.4, -0.2) is 74.0 Å². The van der Waals surface area contributed by atoms with Crippen LogP contribution in [-0.2, 0) is 4.74 Å². The molecule has 0 aromatic rings. The summed E-state index contributed by atoms with van der Waals surface area (Å²) in [5, 5.41) is 9.89. The molecule has 16 heavy (non-hydrogen) atoms. The van der Waals surface area contributed by atoms with Gasteiger partial charge in [0.2, 0.25) is 0 Å². The van der Waals surface area contributed by atoms with Crippen LogP contribution in [0.3, 0.4) is 0 Å². The number of morpholine rings is 1. The summed E-state index contributed by atoms with van der Waals surface area (Å²) < 4.78 is 5.26. The lowest BCUT2D eigenvalue weighted by Crippen LogP contribution is -2.44. The lowest BCUT2D eigenvalue weighted by Gasteiger charge is -2.29. The van der Waals surface area contributed by atoms with Crippen molar-refractivity contribution in [2.75, 3.05) is 53.0 Å². The van der Waals surface area contributed by atoms with Crippen LogP contribution in [0, 0.1) is 0 Å². The van der Waals surface area contributed by atoms with Gasteiger partial charge in [-0.1, -0.05) is 17.7 Å². The Balaban J connectivity index is 2.15. The normalized spacial score (nSPS) is 20.8. The average molecular weight is 249 g/mol. The summed E-state index contributed by atoms with van der Waals surface area (Å²) >= 11 is 5.45. The van der Waals surface area contributed by atoms with E-state index in [1.54, 1.807) is 0 Å². The molecular weight excluding hydrogens is 228 g/mol. The molecule has 1 fully saturated rings. The maximum atomic E-state index is 9.89. The fraction of sp³-hybridized carbons (Fsp3) is 0.818. The third kappa shape index (κ3) is 5.82. The number of aliphatic hydroxyl groups excluding tert-OH is 1. The van der Waals surface area contributed by atoms with Crippen molar-refractivity contribution in [1.29, 1.82) is 0 Å². The second-order valence-corrected chi connectivity index (χ2v) is 4.40. The van der Waals surface area contributed by atoms with Crippen LogP contribution in [0.15, 0.2) is 11.6 Å². The summed E-state index contributed by atoms with van der Waals surface area (Å²) in [6.07, 6.45) is 1.55. The molecule has 5 heteroatoms. The zero-order valence-electron chi connectivity index (χ0n) is 9.81. The van der Waals surface area contributed by atoms with Crippen LogP contribution in [0.25, 0.3) is 0 Å². The van der Waals surface area contributed by atoms with Gasteiger partial charge in [-0.3, -0.25) is 4.90 Å². The molecule has 1 aliphatic heterocycles. The number of hydrogen-bond acceptors (Lipinski definition) is 4. The number of halogens is 1. The molecule has 0 radical (unpaired) electrons. The van der Waals surface area contributed by atoms with Gasteiger partial charge in [0.15, 0.2) is 0 Å². The number of ether oxygens (including phenoxy) is 1. The summed E-state index contributed by atoms with van der Waals surface area (Å²) in [5.41, 5.74) is 1.50. The first kappa shape index (κ1) is 13.9. The predicted octanol–water partition coefficient (Wildman–Crippen LogP) is 0.364. The topological polar surface area (TPSA) is 35.9 Å². The second-order valence-electron chi connectivity index (χ2n) is 4.15. The van der Waals surface area contributed by atoms with Crippen molar-refractivity contribution in [2.24, 2.45) is 0 Å². The molecule has 0 aromatic carbocycles. The van der Waals surface area contributed by atoms with E-state index in [2.05, 4.69) is 4.90 Å². The van der Waals surface area contributed by atoms with Gasteiger partial charge in [0.05, 0.1) is 19.3 Å². The monoisotopic (exact) mass is 248 g/mol. The van der Waals surface area contributed by atoms with Gasteiger partial charge >= 0.3 is 0 Å². The molecule has 0 spiro atoms. The molecule has 1 rings (SSSR count). The van der Waals surface area contributed by atoms with E-state index in [-0.39, 0.29) is 6.10 Å². The smallest absolute Gasteiger partial charge is 0.0793 e. The van der Waals surface area contributed by atoms with Gasteiger partial charge in [0.25, 0.3) is 0 Å². The predicted molar refractivity (Wildman–Crippen MR) is 65.8 cm³/mol. The molecule has 1 atom stereocenters. The van der Waals surface area contributed by atoms with Crippen molar-refractivity contribution in [1.82, 2.24) is 9.80 Å². The van der Waals surface area contributed by atoms with Crippen molar-refractivity contribution in [3.63, 3.8) is 0 Å². The minimum atomic E-state index is -0.313. The summed E-state index contributed by atoms with van der Waals surface area (Å²) in [7, 11) is 1.97. The van der Waals surface area contributed by atoms with Crippen LogP contribution >= 0.6 is 11.6 Å². The van der Waals surface area contributed by atoms with Gasteiger partial charge in [-0.25, -0.2) is 0 Å². The highest BCUT2D eigenvalue weighted by molar-refractivity contribution is 6.25. The zero-order valence-corrected chi connectivity index (χ0v) is 10.6. The van der Waals surface area contributed by atoms with Gasteiger partial charge in [0.1, 0.15) is 0 Å². The van der Waals surface area contributed by atoms with Crippen LogP contribution in [0.4, 0.5) is 0 Å². The largest absolute Gasteiger partial charge is 0.390 e. The Hall–Kier alpha value is -0.130. The van der Waals surface area contributed by atoms with Crippen LogP contribution < -0.4 is 0 Å². The molecule has 1 saturated heterocycles. The van der Waals surface area contributed by atoms with Gasteiger partial charge in [-0.15, -0.1) is 0 Å². The molecular formula is C11H21ClN2O2. The highest BCUT2D eigenvalue weighted by atomic mass is 35.5. The minimum Gasteiger partial charge on any atom is -0.390 e. The first-order chi connectivity index (χ1) is 7.72. The molecule has 1 unspecified atom stereocenters. The molecule has 0 aliphatic carbocycles. The number of aliphatic hydroxyl groups is 1. The molecule has 1 N–H and O–H groups in total. The molecule has 0 saturated carbocycles. The van der Waals surface area contributed by atoms with E-state index in [0.29, 0.717) is 6.54 Å². The van der Waals surface area contributed by atoms with Crippen molar-refractivity contribution < 1.29 is 9.84 Å². The molecule has 0 aromatic heterocycles. The lowest BCUT2D eigenvalue weighted by molar-refractivity contribution is 0.00936. The fourth-order valence-corrected chi connectivity index (χ4v) is 1.87. The number of nitrogens with zero attached hydrogens (tertiary/aromatic N) is 2. The summed E-state index contributed by atoms with van der Waals surface area (Å²) in [6, 6.07) is 0. The van der Waals surface area contributed by atoms with Crippen molar-refractivity contribution in [3.05, 3.63) is 11.6 Å². The van der Waals surface area contributed by atoms with E-state index in [0.717, 1.165) is 39.4 Å². The standard InChI is InChI=1S/C11H21ClN2O2/c1-13(4-2-3-12)9-11(15)10-14-5-7-16-8-6-14/h2-3,11,15H,4-10H2,1H3/b3-2+. The Kier molecular flexibility index (Phi) is 7.00. The summed E-state index contributed by atoms with van der Waals surface area (Å²) in [4.78, 5) is 4.28. The fourth-order valence-electron chi connectivity index (χ4n) is 1.79. The lowest BCUT2D eigenvalue weighted by atomic mass is 10.3. The van der Waals surface area contributed by atoms with Gasteiger partial charge in [-0.05, 0) is 7.05 Å². The van der Waals surface area contributed by atoms with E-state index in [1.165, 1.54) is 5.54 Å². The van der Waals surface area contributed by atoms with E-state index < -0.39 is 0 Å². The molecule has 1 aliphatic rings. The first-order valence-corrected chi connectivity index (χ1v) is 6.08. The molecule has 4 nitrogen and oxygen atoms in total. The van der Waals surface area contributed by atoms with Crippen molar-refractivity contribution >= 4 is 11.6 Å². The Morgan fingerprint density at radius 1 is 1.50 bits per heavy atom. The van der Waals surface area contributed by atoms with E-state index >= 15 is 0 Å². The quantitative estimate of drug-likeness (QED) is 0.737. The summed E-state index contributed by atoms with van der Waals surface area (Å²) in [5.74, 6) is 0. The van der Waals surface area contributed by atoms with Crippen LogP contribution in [0.2, 0.25) is 0 Å². The zero-order chi connectivity index (χ0) is 11.8. The number of hydrogen-bond donors (Lipinski definition) is 1. The Morgan fingerprint density at radius 3 is 2.81 bits per heavy atom. The number of likely N-dealkylation sites (N-methyl/N-ethyl adjacent to an activating group) is 1. The Morgan fingerprint density at radius 2 is 2.19 bits per heavy atom. The van der Waals surface area contributed by atoms with Gasteiger partial charge in [-0.2, -0.15) is 0 Å². The van der Waals surface area contributed by atoms with Crippen molar-refractivity contribution in [2.45, 2.75) is 6.10 Å². The maximum absolute atomic E-state index is 9.89. The van der Waals surface area contributed by atoms with E-state index in [4.69, 9.17) is 16.3 Å². The average Bonchev–Trinajstić information content (AvgIpc) is 2.27. The SMILES string of the molecule is CN(C/C=C/Cl)CC(O)CN1CCOCC1. The minimum absolute atomic E-state index is 0.313. The molecule has 0 bridgehead atoms.